The number of hydrogen-bond acceptors (Lipinski definition) is 2. The third-order valence-electron chi connectivity index (χ3n) is 9.13. The van der Waals surface area contributed by atoms with Gasteiger partial charge in [-0.05, 0) is 79.9 Å². The number of nitrogens with zero attached hydrogens (tertiary/aromatic N) is 2. The maximum absolute atomic E-state index is 5.26. The van der Waals surface area contributed by atoms with Gasteiger partial charge in [-0.25, -0.2) is 9.97 Å². The summed E-state index contributed by atoms with van der Waals surface area (Å²) in [5.41, 5.74) is 14.3. The summed E-state index contributed by atoms with van der Waals surface area (Å²) in [5.74, 6) is 0.734. The fourth-order valence-electron chi connectivity index (χ4n) is 6.85. The van der Waals surface area contributed by atoms with Crippen molar-refractivity contribution in [1.82, 2.24) is 9.97 Å². The van der Waals surface area contributed by atoms with Crippen LogP contribution in [0.1, 0.15) is 11.1 Å². The van der Waals surface area contributed by atoms with E-state index >= 15 is 0 Å². The van der Waals surface area contributed by atoms with Gasteiger partial charge >= 0.3 is 0 Å². The van der Waals surface area contributed by atoms with E-state index in [-0.39, 0.29) is 0 Å². The zero-order valence-electron chi connectivity index (χ0n) is 24.6. The molecule has 7 aromatic carbocycles. The predicted molar refractivity (Wildman–Crippen MR) is 187 cm³/mol. The molecule has 1 heterocycles. The molecule has 0 N–H and O–H groups in total. The van der Waals surface area contributed by atoms with Crippen molar-refractivity contribution in [2.24, 2.45) is 0 Å². The molecule has 210 valence electrons. The molecular formula is C43H28N2. The van der Waals surface area contributed by atoms with Crippen LogP contribution in [-0.4, -0.2) is 9.97 Å². The highest BCUT2D eigenvalue weighted by Crippen LogP contribution is 2.42. The van der Waals surface area contributed by atoms with Gasteiger partial charge < -0.3 is 0 Å². The van der Waals surface area contributed by atoms with Crippen LogP contribution in [0, 0.1) is 0 Å². The van der Waals surface area contributed by atoms with Crippen LogP contribution < -0.4 is 0 Å². The third kappa shape index (κ3) is 4.42. The average molecular weight is 573 g/mol. The monoisotopic (exact) mass is 572 g/mol. The minimum atomic E-state index is 0.734. The molecule has 9 rings (SSSR count). The number of para-hydroxylation sites is 1. The van der Waals surface area contributed by atoms with Crippen LogP contribution in [0.25, 0.3) is 77.7 Å². The van der Waals surface area contributed by atoms with Crippen LogP contribution in [0.4, 0.5) is 0 Å². The lowest BCUT2D eigenvalue weighted by molar-refractivity contribution is 1.23. The first-order valence-corrected chi connectivity index (χ1v) is 15.5. The van der Waals surface area contributed by atoms with Crippen molar-refractivity contribution in [1.29, 1.82) is 0 Å². The van der Waals surface area contributed by atoms with E-state index in [2.05, 4.69) is 158 Å². The minimum Gasteiger partial charge on any atom is -0.228 e. The molecule has 0 spiro atoms. The van der Waals surface area contributed by atoms with Crippen molar-refractivity contribution < 1.29 is 0 Å². The molecule has 0 fully saturated rings. The van der Waals surface area contributed by atoms with E-state index in [4.69, 9.17) is 9.97 Å². The molecule has 0 unspecified atom stereocenters. The van der Waals surface area contributed by atoms with Crippen molar-refractivity contribution >= 4 is 21.7 Å². The average Bonchev–Trinajstić information content (AvgIpc) is 3.51. The van der Waals surface area contributed by atoms with Gasteiger partial charge in [0.05, 0.1) is 11.2 Å². The summed E-state index contributed by atoms with van der Waals surface area (Å²) in [5, 5.41) is 3.62. The predicted octanol–water partition coefficient (Wildman–Crippen LogP) is 11.0. The zero-order chi connectivity index (χ0) is 29.7. The molecule has 0 bridgehead atoms. The van der Waals surface area contributed by atoms with Crippen molar-refractivity contribution in [2.45, 2.75) is 6.42 Å². The Hall–Kier alpha value is -5.86. The van der Waals surface area contributed by atoms with Gasteiger partial charge in [-0.2, -0.15) is 0 Å². The van der Waals surface area contributed by atoms with Crippen molar-refractivity contribution in [3.63, 3.8) is 0 Å². The largest absolute Gasteiger partial charge is 0.228 e. The number of benzene rings is 7. The molecule has 8 aromatic rings. The summed E-state index contributed by atoms with van der Waals surface area (Å²) in [6.07, 6.45) is 0.960. The number of fused-ring (bicyclic) bond motifs is 6. The molecule has 0 radical (unpaired) electrons. The first-order valence-electron chi connectivity index (χ1n) is 15.5. The summed E-state index contributed by atoms with van der Waals surface area (Å²) >= 11 is 0. The molecule has 0 saturated carbocycles. The Kier molecular flexibility index (Phi) is 5.92. The SMILES string of the molecule is c1ccc(-c2ccc(-c3cccc(-c4nc(-c5ccc6ccc7c(c6c5)Cc5ccccc5-7)c5ccccc5n4)c3)cc2)cc1. The van der Waals surface area contributed by atoms with Gasteiger partial charge in [0, 0.05) is 16.5 Å². The molecule has 0 aliphatic heterocycles. The summed E-state index contributed by atoms with van der Waals surface area (Å²) in [6, 6.07) is 56.3. The van der Waals surface area contributed by atoms with Crippen molar-refractivity contribution in [3.8, 4) is 56.0 Å². The van der Waals surface area contributed by atoms with Gasteiger partial charge in [-0.15, -0.1) is 0 Å². The lowest BCUT2D eigenvalue weighted by Gasteiger charge is -2.12. The van der Waals surface area contributed by atoms with Crippen LogP contribution >= 0.6 is 0 Å². The highest BCUT2D eigenvalue weighted by atomic mass is 14.9. The van der Waals surface area contributed by atoms with Crippen LogP contribution in [0.3, 0.4) is 0 Å². The lowest BCUT2D eigenvalue weighted by Crippen LogP contribution is -1.96. The van der Waals surface area contributed by atoms with Gasteiger partial charge in [0.2, 0.25) is 0 Å². The standard InChI is InChI=1S/C43H28N2/c1-2-9-28(10-3-1)29-17-19-30(20-18-29)32-12-8-13-35(25-32)43-44-41-16-7-6-15-38(41)42(45-43)34-22-21-31-23-24-37-36-14-5-4-11-33(36)26-40(37)39(31)27-34/h1-25,27H,26H2. The number of hydrogen-bond donors (Lipinski definition) is 0. The second kappa shape index (κ2) is 10.4. The molecule has 0 atom stereocenters. The van der Waals surface area contributed by atoms with E-state index in [1.165, 1.54) is 49.7 Å². The highest BCUT2D eigenvalue weighted by molar-refractivity contribution is 6.00. The van der Waals surface area contributed by atoms with Gasteiger partial charge in [-0.3, -0.25) is 0 Å². The second-order valence-electron chi connectivity index (χ2n) is 11.8. The second-order valence-corrected chi connectivity index (χ2v) is 11.8. The molecule has 0 amide bonds. The molecule has 2 heteroatoms. The molecule has 1 aromatic heterocycles. The summed E-state index contributed by atoms with van der Waals surface area (Å²) in [4.78, 5) is 10.3. The quantitative estimate of drug-likeness (QED) is 0.210. The number of rotatable bonds is 4. The molecule has 1 aliphatic rings. The van der Waals surface area contributed by atoms with Gasteiger partial charge in [-0.1, -0.05) is 140 Å². The van der Waals surface area contributed by atoms with Crippen LogP contribution in [-0.2, 0) is 6.42 Å². The van der Waals surface area contributed by atoms with E-state index in [1.54, 1.807) is 0 Å². The van der Waals surface area contributed by atoms with Crippen LogP contribution in [0.2, 0.25) is 0 Å². The maximum Gasteiger partial charge on any atom is 0.160 e. The third-order valence-corrected chi connectivity index (χ3v) is 9.13. The van der Waals surface area contributed by atoms with E-state index in [0.29, 0.717) is 0 Å². The van der Waals surface area contributed by atoms with Gasteiger partial charge in [0.25, 0.3) is 0 Å². The normalized spacial score (nSPS) is 11.9. The Morgan fingerprint density at radius 2 is 1.07 bits per heavy atom. The summed E-state index contributed by atoms with van der Waals surface area (Å²) < 4.78 is 0. The summed E-state index contributed by atoms with van der Waals surface area (Å²) in [6.45, 7) is 0. The molecule has 1 aliphatic carbocycles. The molecule has 2 nitrogen and oxygen atoms in total. The first kappa shape index (κ1) is 25.6. The fourth-order valence-corrected chi connectivity index (χ4v) is 6.85. The summed E-state index contributed by atoms with van der Waals surface area (Å²) in [7, 11) is 0. The van der Waals surface area contributed by atoms with Crippen molar-refractivity contribution in [3.05, 3.63) is 169 Å². The van der Waals surface area contributed by atoms with E-state index < -0.39 is 0 Å². The molecular weight excluding hydrogens is 544 g/mol. The Balaban J connectivity index is 1.14. The van der Waals surface area contributed by atoms with Gasteiger partial charge in [0.15, 0.2) is 5.82 Å². The van der Waals surface area contributed by atoms with E-state index in [0.717, 1.165) is 45.5 Å². The molecule has 45 heavy (non-hydrogen) atoms. The Morgan fingerprint density at radius 3 is 1.96 bits per heavy atom. The van der Waals surface area contributed by atoms with Gasteiger partial charge in [0.1, 0.15) is 0 Å². The maximum atomic E-state index is 5.26. The highest BCUT2D eigenvalue weighted by Gasteiger charge is 2.21. The van der Waals surface area contributed by atoms with Crippen LogP contribution in [0.5, 0.6) is 0 Å². The van der Waals surface area contributed by atoms with E-state index in [1.807, 2.05) is 0 Å². The van der Waals surface area contributed by atoms with Crippen LogP contribution in [0.15, 0.2) is 158 Å². The number of aromatic nitrogens is 2. The van der Waals surface area contributed by atoms with Crippen molar-refractivity contribution in [2.75, 3.05) is 0 Å². The minimum absolute atomic E-state index is 0.734. The Bertz CT molecular complexity index is 2390. The lowest BCUT2D eigenvalue weighted by atomic mass is 9.95. The zero-order valence-corrected chi connectivity index (χ0v) is 24.6. The topological polar surface area (TPSA) is 25.8 Å². The Labute approximate surface area is 262 Å². The van der Waals surface area contributed by atoms with E-state index in [9.17, 15) is 0 Å². The smallest absolute Gasteiger partial charge is 0.160 e. The Morgan fingerprint density at radius 1 is 0.400 bits per heavy atom. The fraction of sp³-hybridized carbons (Fsp3) is 0.0233. The molecule has 0 saturated heterocycles. The first-order chi connectivity index (χ1) is 22.3.